The largest absolute Gasteiger partial charge is 0.386 e. The SMILES string of the molecule is CC(C)(O)c1cc2c(n(C3CCCC3)c1=O)CCC2. The predicted octanol–water partition coefficient (Wildman–Crippen LogP) is 2.68. The first-order valence-corrected chi connectivity index (χ1v) is 7.48. The van der Waals surface area contributed by atoms with Gasteiger partial charge in [0, 0.05) is 17.3 Å². The summed E-state index contributed by atoms with van der Waals surface area (Å²) in [6, 6.07) is 2.32. The molecule has 3 heteroatoms. The van der Waals surface area contributed by atoms with Crippen LogP contribution in [0.3, 0.4) is 0 Å². The van der Waals surface area contributed by atoms with Crippen molar-refractivity contribution in [1.82, 2.24) is 4.57 Å². The second-order valence-electron chi connectivity index (χ2n) is 6.56. The third-order valence-electron chi connectivity index (χ3n) is 4.64. The minimum atomic E-state index is -1.05. The molecule has 1 saturated carbocycles. The van der Waals surface area contributed by atoms with Crippen LogP contribution < -0.4 is 5.56 Å². The molecule has 1 aromatic rings. The average molecular weight is 261 g/mol. The van der Waals surface area contributed by atoms with Gasteiger partial charge < -0.3 is 9.67 Å². The normalized spacial score (nSPS) is 19.9. The van der Waals surface area contributed by atoms with Crippen LogP contribution in [-0.2, 0) is 18.4 Å². The monoisotopic (exact) mass is 261 g/mol. The molecule has 104 valence electrons. The van der Waals surface area contributed by atoms with E-state index in [1.165, 1.54) is 24.1 Å². The minimum absolute atomic E-state index is 0.0417. The highest BCUT2D eigenvalue weighted by molar-refractivity contribution is 5.33. The van der Waals surface area contributed by atoms with Crippen molar-refractivity contribution in [3.63, 3.8) is 0 Å². The van der Waals surface area contributed by atoms with Gasteiger partial charge in [-0.25, -0.2) is 0 Å². The van der Waals surface area contributed by atoms with E-state index in [1.807, 2.05) is 10.6 Å². The fraction of sp³-hybridized carbons (Fsp3) is 0.688. The Labute approximate surface area is 114 Å². The molecule has 1 N–H and O–H groups in total. The number of aromatic nitrogens is 1. The van der Waals surface area contributed by atoms with Crippen molar-refractivity contribution in [2.24, 2.45) is 0 Å². The predicted molar refractivity (Wildman–Crippen MR) is 75.5 cm³/mol. The molecule has 0 radical (unpaired) electrons. The number of hydrogen-bond donors (Lipinski definition) is 1. The van der Waals surface area contributed by atoms with Crippen LogP contribution in [0.15, 0.2) is 10.9 Å². The highest BCUT2D eigenvalue weighted by atomic mass is 16.3. The maximum absolute atomic E-state index is 12.8. The Hall–Kier alpha value is -1.09. The van der Waals surface area contributed by atoms with Crippen LogP contribution in [0.2, 0.25) is 0 Å². The molecule has 0 unspecified atom stereocenters. The molecule has 3 rings (SSSR count). The van der Waals surface area contributed by atoms with Crippen LogP contribution in [0.1, 0.15) is 68.8 Å². The summed E-state index contributed by atoms with van der Waals surface area (Å²) in [6.07, 6.45) is 7.87. The summed E-state index contributed by atoms with van der Waals surface area (Å²) in [6.45, 7) is 3.42. The van der Waals surface area contributed by atoms with E-state index in [0.29, 0.717) is 11.6 Å². The maximum Gasteiger partial charge on any atom is 0.257 e. The van der Waals surface area contributed by atoms with Crippen molar-refractivity contribution >= 4 is 0 Å². The molecule has 0 saturated heterocycles. The van der Waals surface area contributed by atoms with Gasteiger partial charge in [-0.1, -0.05) is 12.8 Å². The Balaban J connectivity index is 2.21. The highest BCUT2D eigenvalue weighted by Crippen LogP contribution is 2.33. The topological polar surface area (TPSA) is 42.2 Å². The van der Waals surface area contributed by atoms with Crippen LogP contribution in [0.4, 0.5) is 0 Å². The molecule has 0 bridgehead atoms. The van der Waals surface area contributed by atoms with Gasteiger partial charge in [0.15, 0.2) is 0 Å². The Morgan fingerprint density at radius 1 is 1.21 bits per heavy atom. The van der Waals surface area contributed by atoms with Gasteiger partial charge in [0.25, 0.3) is 5.56 Å². The van der Waals surface area contributed by atoms with E-state index < -0.39 is 5.60 Å². The molecule has 1 aromatic heterocycles. The van der Waals surface area contributed by atoms with Crippen LogP contribution in [-0.4, -0.2) is 9.67 Å². The van der Waals surface area contributed by atoms with Crippen molar-refractivity contribution in [2.75, 3.05) is 0 Å². The minimum Gasteiger partial charge on any atom is -0.386 e. The molecule has 2 aliphatic carbocycles. The summed E-state index contributed by atoms with van der Waals surface area (Å²) in [5.41, 5.74) is 2.09. The Kier molecular flexibility index (Phi) is 3.05. The zero-order chi connectivity index (χ0) is 13.6. The fourth-order valence-electron chi connectivity index (χ4n) is 3.66. The van der Waals surface area contributed by atoms with Crippen molar-refractivity contribution in [1.29, 1.82) is 0 Å². The third-order valence-corrected chi connectivity index (χ3v) is 4.64. The average Bonchev–Trinajstić information content (AvgIpc) is 2.95. The van der Waals surface area contributed by atoms with Crippen molar-refractivity contribution in [2.45, 2.75) is 70.4 Å². The number of pyridine rings is 1. The summed E-state index contributed by atoms with van der Waals surface area (Å²) in [5, 5.41) is 10.3. The van der Waals surface area contributed by atoms with Crippen molar-refractivity contribution < 1.29 is 5.11 Å². The summed E-state index contributed by atoms with van der Waals surface area (Å²) >= 11 is 0. The first kappa shape index (κ1) is 12.9. The molecule has 2 aliphatic rings. The molecule has 0 atom stereocenters. The maximum atomic E-state index is 12.8. The van der Waals surface area contributed by atoms with Crippen molar-refractivity contribution in [3.8, 4) is 0 Å². The van der Waals surface area contributed by atoms with Crippen LogP contribution in [0, 0.1) is 0 Å². The zero-order valence-corrected chi connectivity index (χ0v) is 11.9. The van der Waals surface area contributed by atoms with Gasteiger partial charge in [0.2, 0.25) is 0 Å². The Morgan fingerprint density at radius 2 is 1.89 bits per heavy atom. The zero-order valence-electron chi connectivity index (χ0n) is 11.9. The van der Waals surface area contributed by atoms with E-state index >= 15 is 0 Å². The Bertz CT molecular complexity index is 545. The Morgan fingerprint density at radius 3 is 2.53 bits per heavy atom. The molecule has 0 aliphatic heterocycles. The first-order chi connectivity index (χ1) is 8.98. The second kappa shape index (κ2) is 4.48. The van der Waals surface area contributed by atoms with Gasteiger partial charge in [-0.05, 0) is 57.6 Å². The molecule has 0 amide bonds. The van der Waals surface area contributed by atoms with Gasteiger partial charge in [0.1, 0.15) is 0 Å². The van der Waals surface area contributed by atoms with E-state index in [0.717, 1.165) is 32.1 Å². The molecule has 3 nitrogen and oxygen atoms in total. The quantitative estimate of drug-likeness (QED) is 0.889. The summed E-state index contributed by atoms with van der Waals surface area (Å²) < 4.78 is 2.03. The molecular weight excluding hydrogens is 238 g/mol. The summed E-state index contributed by atoms with van der Waals surface area (Å²) in [7, 11) is 0. The molecule has 1 heterocycles. The standard InChI is InChI=1S/C16H23NO2/c1-16(2,19)13-10-11-6-5-9-14(11)17(15(13)18)12-7-3-4-8-12/h10,12,19H,3-9H2,1-2H3. The van der Waals surface area contributed by atoms with E-state index in [1.54, 1.807) is 13.8 Å². The van der Waals surface area contributed by atoms with E-state index in [4.69, 9.17) is 0 Å². The molecule has 0 spiro atoms. The van der Waals surface area contributed by atoms with Crippen LogP contribution in [0.5, 0.6) is 0 Å². The smallest absolute Gasteiger partial charge is 0.257 e. The lowest BCUT2D eigenvalue weighted by molar-refractivity contribution is 0.0761. The van der Waals surface area contributed by atoms with E-state index in [2.05, 4.69) is 0 Å². The summed E-state index contributed by atoms with van der Waals surface area (Å²) in [4.78, 5) is 12.8. The number of aryl methyl sites for hydroxylation is 1. The molecule has 0 aromatic carbocycles. The van der Waals surface area contributed by atoms with Gasteiger partial charge >= 0.3 is 0 Å². The number of hydrogen-bond acceptors (Lipinski definition) is 2. The molecule has 1 fully saturated rings. The number of fused-ring (bicyclic) bond motifs is 1. The summed E-state index contributed by atoms with van der Waals surface area (Å²) in [5.74, 6) is 0. The van der Waals surface area contributed by atoms with Crippen LogP contribution in [0.25, 0.3) is 0 Å². The van der Waals surface area contributed by atoms with Crippen molar-refractivity contribution in [3.05, 3.63) is 33.2 Å². The second-order valence-corrected chi connectivity index (χ2v) is 6.56. The van der Waals surface area contributed by atoms with E-state index in [9.17, 15) is 9.90 Å². The van der Waals surface area contributed by atoms with Gasteiger partial charge in [-0.15, -0.1) is 0 Å². The number of nitrogens with zero attached hydrogens (tertiary/aromatic N) is 1. The van der Waals surface area contributed by atoms with E-state index in [-0.39, 0.29) is 5.56 Å². The lowest BCUT2D eigenvalue weighted by atomic mass is 9.97. The number of rotatable bonds is 2. The first-order valence-electron chi connectivity index (χ1n) is 7.48. The molecular formula is C16H23NO2. The third kappa shape index (κ3) is 2.14. The molecule has 19 heavy (non-hydrogen) atoms. The van der Waals surface area contributed by atoms with Gasteiger partial charge in [0.05, 0.1) is 5.60 Å². The van der Waals surface area contributed by atoms with Crippen LogP contribution >= 0.6 is 0 Å². The lowest BCUT2D eigenvalue weighted by Gasteiger charge is -2.24. The highest BCUT2D eigenvalue weighted by Gasteiger charge is 2.30. The fourth-order valence-corrected chi connectivity index (χ4v) is 3.66. The number of aliphatic hydroxyl groups is 1. The van der Waals surface area contributed by atoms with Gasteiger partial charge in [-0.3, -0.25) is 4.79 Å². The van der Waals surface area contributed by atoms with Gasteiger partial charge in [-0.2, -0.15) is 0 Å². The lowest BCUT2D eigenvalue weighted by Crippen LogP contribution is -2.35.